The van der Waals surface area contributed by atoms with Gasteiger partial charge < -0.3 is 10.2 Å². The molecule has 104 valence electrons. The molecule has 3 nitrogen and oxygen atoms in total. The molecule has 1 aromatic carbocycles. The third-order valence-corrected chi connectivity index (χ3v) is 4.30. The summed E-state index contributed by atoms with van der Waals surface area (Å²) in [7, 11) is 1.86. The molecular formula is C16H24N2O. The van der Waals surface area contributed by atoms with Crippen LogP contribution in [0.25, 0.3) is 0 Å². The van der Waals surface area contributed by atoms with E-state index in [1.807, 2.05) is 37.1 Å². The van der Waals surface area contributed by atoms with Crippen LogP contribution < -0.4 is 5.32 Å². The number of hydrogen-bond acceptors (Lipinski definition) is 2. The fourth-order valence-electron chi connectivity index (χ4n) is 2.67. The lowest BCUT2D eigenvalue weighted by Crippen LogP contribution is -2.42. The second kappa shape index (κ2) is 5.64. The van der Waals surface area contributed by atoms with E-state index in [1.165, 1.54) is 0 Å². The van der Waals surface area contributed by atoms with Crippen LogP contribution in [0.3, 0.4) is 0 Å². The van der Waals surface area contributed by atoms with E-state index in [0.29, 0.717) is 11.8 Å². The summed E-state index contributed by atoms with van der Waals surface area (Å²) in [5.41, 5.74) is 2.84. The number of amides is 1. The third-order valence-electron chi connectivity index (χ3n) is 4.30. The van der Waals surface area contributed by atoms with Crippen LogP contribution in [-0.2, 0) is 0 Å². The highest BCUT2D eigenvalue weighted by molar-refractivity contribution is 5.99. The molecule has 1 aliphatic heterocycles. The minimum absolute atomic E-state index is 0.159. The topological polar surface area (TPSA) is 32.3 Å². The zero-order valence-electron chi connectivity index (χ0n) is 12.4. The highest BCUT2D eigenvalue weighted by Gasteiger charge is 2.27. The number of hydrogen-bond donors (Lipinski definition) is 1. The van der Waals surface area contributed by atoms with Gasteiger partial charge in [0, 0.05) is 25.8 Å². The number of carbonyl (C=O) groups is 1. The molecular weight excluding hydrogens is 236 g/mol. The smallest absolute Gasteiger partial charge is 0.255 e. The van der Waals surface area contributed by atoms with E-state index in [9.17, 15) is 4.79 Å². The molecule has 2 unspecified atom stereocenters. The lowest BCUT2D eigenvalue weighted by Gasteiger charge is -2.35. The molecule has 0 radical (unpaired) electrons. The van der Waals surface area contributed by atoms with Crippen LogP contribution in [-0.4, -0.2) is 30.9 Å². The van der Waals surface area contributed by atoms with Crippen molar-refractivity contribution in [2.45, 2.75) is 27.2 Å². The number of piperidine rings is 1. The average Bonchev–Trinajstić information content (AvgIpc) is 2.41. The molecule has 19 heavy (non-hydrogen) atoms. The minimum atomic E-state index is 0.159. The quantitative estimate of drug-likeness (QED) is 0.886. The molecule has 1 fully saturated rings. The standard InChI is InChI=1S/C16H24N2O/c1-11-5-6-15(17-4)14(9-11)16(19)18-8-7-12(2)13(3)10-18/h5-6,9,12-13,17H,7-8,10H2,1-4H3. The van der Waals surface area contributed by atoms with Crippen molar-refractivity contribution in [3.8, 4) is 0 Å². The highest BCUT2D eigenvalue weighted by atomic mass is 16.2. The first kappa shape index (κ1) is 13.9. The average molecular weight is 260 g/mol. The molecule has 1 saturated heterocycles. The Morgan fingerprint density at radius 3 is 2.68 bits per heavy atom. The van der Waals surface area contributed by atoms with Crippen LogP contribution in [0, 0.1) is 18.8 Å². The first-order valence-electron chi connectivity index (χ1n) is 7.10. The summed E-state index contributed by atoms with van der Waals surface area (Å²) in [5, 5.41) is 3.12. The predicted molar refractivity (Wildman–Crippen MR) is 79.6 cm³/mol. The van der Waals surface area contributed by atoms with Crippen LogP contribution in [0.2, 0.25) is 0 Å². The van der Waals surface area contributed by atoms with Crippen molar-refractivity contribution in [1.82, 2.24) is 4.90 Å². The summed E-state index contributed by atoms with van der Waals surface area (Å²) < 4.78 is 0. The first-order valence-corrected chi connectivity index (χ1v) is 7.10. The zero-order valence-corrected chi connectivity index (χ0v) is 12.4. The minimum Gasteiger partial charge on any atom is -0.387 e. The molecule has 0 saturated carbocycles. The van der Waals surface area contributed by atoms with E-state index in [4.69, 9.17) is 0 Å². The van der Waals surface area contributed by atoms with Gasteiger partial charge in [-0.25, -0.2) is 0 Å². The Hall–Kier alpha value is -1.51. The van der Waals surface area contributed by atoms with Crippen LogP contribution in [0.15, 0.2) is 18.2 Å². The summed E-state index contributed by atoms with van der Waals surface area (Å²) in [6, 6.07) is 6.00. The van der Waals surface area contributed by atoms with Gasteiger partial charge in [-0.15, -0.1) is 0 Å². The number of rotatable bonds is 2. The molecule has 1 aromatic rings. The lowest BCUT2D eigenvalue weighted by molar-refractivity contribution is 0.0628. The second-order valence-electron chi connectivity index (χ2n) is 5.79. The van der Waals surface area contributed by atoms with Crippen molar-refractivity contribution in [2.24, 2.45) is 11.8 Å². The Kier molecular flexibility index (Phi) is 4.13. The number of nitrogens with zero attached hydrogens (tertiary/aromatic N) is 1. The van der Waals surface area contributed by atoms with E-state index < -0.39 is 0 Å². The molecule has 1 heterocycles. The van der Waals surface area contributed by atoms with Crippen LogP contribution in [0.5, 0.6) is 0 Å². The Bertz CT molecular complexity index is 470. The molecule has 0 aliphatic carbocycles. The van der Waals surface area contributed by atoms with E-state index in [2.05, 4.69) is 19.2 Å². The van der Waals surface area contributed by atoms with Crippen LogP contribution in [0.1, 0.15) is 36.2 Å². The first-order chi connectivity index (χ1) is 9.02. The van der Waals surface area contributed by atoms with E-state index in [0.717, 1.165) is 36.3 Å². The van der Waals surface area contributed by atoms with Crippen molar-refractivity contribution < 1.29 is 4.79 Å². The van der Waals surface area contributed by atoms with Crippen molar-refractivity contribution in [3.63, 3.8) is 0 Å². The van der Waals surface area contributed by atoms with Crippen LogP contribution >= 0.6 is 0 Å². The number of anilines is 1. The van der Waals surface area contributed by atoms with Gasteiger partial charge in [-0.3, -0.25) is 4.79 Å². The van der Waals surface area contributed by atoms with Gasteiger partial charge in [0.15, 0.2) is 0 Å². The predicted octanol–water partition coefficient (Wildman–Crippen LogP) is 3.15. The number of carbonyl (C=O) groups excluding carboxylic acids is 1. The van der Waals surface area contributed by atoms with Crippen molar-refractivity contribution in [2.75, 3.05) is 25.5 Å². The van der Waals surface area contributed by atoms with E-state index in [1.54, 1.807) is 0 Å². The van der Waals surface area contributed by atoms with Crippen molar-refractivity contribution in [3.05, 3.63) is 29.3 Å². The van der Waals surface area contributed by atoms with Crippen molar-refractivity contribution in [1.29, 1.82) is 0 Å². The Balaban J connectivity index is 2.22. The normalized spacial score (nSPS) is 23.3. The summed E-state index contributed by atoms with van der Waals surface area (Å²) in [5.74, 6) is 1.46. The van der Waals surface area contributed by atoms with E-state index >= 15 is 0 Å². The zero-order chi connectivity index (χ0) is 14.0. The molecule has 2 rings (SSSR count). The molecule has 1 N–H and O–H groups in total. The summed E-state index contributed by atoms with van der Waals surface area (Å²) >= 11 is 0. The van der Waals surface area contributed by atoms with Gasteiger partial charge in [-0.05, 0) is 37.3 Å². The molecule has 1 amide bonds. The molecule has 0 bridgehead atoms. The van der Waals surface area contributed by atoms with Gasteiger partial charge in [0.2, 0.25) is 0 Å². The maximum absolute atomic E-state index is 12.7. The largest absolute Gasteiger partial charge is 0.387 e. The Morgan fingerprint density at radius 1 is 1.32 bits per heavy atom. The number of nitrogens with one attached hydrogen (secondary N) is 1. The van der Waals surface area contributed by atoms with Gasteiger partial charge in [0.25, 0.3) is 5.91 Å². The molecule has 0 aromatic heterocycles. The molecule has 1 aliphatic rings. The number of likely N-dealkylation sites (tertiary alicyclic amines) is 1. The van der Waals surface area contributed by atoms with Gasteiger partial charge >= 0.3 is 0 Å². The molecule has 0 spiro atoms. The van der Waals surface area contributed by atoms with Gasteiger partial charge in [0.1, 0.15) is 0 Å². The fraction of sp³-hybridized carbons (Fsp3) is 0.562. The van der Waals surface area contributed by atoms with Crippen LogP contribution in [0.4, 0.5) is 5.69 Å². The third kappa shape index (κ3) is 2.91. The summed E-state index contributed by atoms with van der Waals surface area (Å²) in [6.07, 6.45) is 1.10. The maximum Gasteiger partial charge on any atom is 0.255 e. The van der Waals surface area contributed by atoms with Crippen molar-refractivity contribution >= 4 is 11.6 Å². The SMILES string of the molecule is CNc1ccc(C)cc1C(=O)N1CCC(C)C(C)C1. The maximum atomic E-state index is 12.7. The van der Waals surface area contributed by atoms with Gasteiger partial charge in [-0.1, -0.05) is 25.5 Å². The Morgan fingerprint density at radius 2 is 2.05 bits per heavy atom. The lowest BCUT2D eigenvalue weighted by atomic mass is 9.88. The summed E-state index contributed by atoms with van der Waals surface area (Å²) in [4.78, 5) is 14.7. The Labute approximate surface area is 116 Å². The van der Waals surface area contributed by atoms with Gasteiger partial charge in [0.05, 0.1) is 5.56 Å². The molecule has 3 heteroatoms. The fourth-order valence-corrected chi connectivity index (χ4v) is 2.67. The monoisotopic (exact) mass is 260 g/mol. The molecule has 2 atom stereocenters. The second-order valence-corrected chi connectivity index (χ2v) is 5.79. The number of aryl methyl sites for hydroxylation is 1. The number of benzene rings is 1. The van der Waals surface area contributed by atoms with Gasteiger partial charge in [-0.2, -0.15) is 0 Å². The highest BCUT2D eigenvalue weighted by Crippen LogP contribution is 2.26. The summed E-state index contributed by atoms with van der Waals surface area (Å²) in [6.45, 7) is 8.28. The van der Waals surface area contributed by atoms with E-state index in [-0.39, 0.29) is 5.91 Å².